The predicted octanol–water partition coefficient (Wildman–Crippen LogP) is 3.72. The van der Waals surface area contributed by atoms with Crippen LogP contribution in [0.3, 0.4) is 0 Å². The van der Waals surface area contributed by atoms with Gasteiger partial charge in [-0.1, -0.05) is 35.5 Å². The molecule has 0 N–H and O–H groups in total. The van der Waals surface area contributed by atoms with Gasteiger partial charge in [-0.15, -0.1) is 0 Å². The zero-order valence-corrected chi connectivity index (χ0v) is 14.5. The molecular formula is C20H19N3O3. The van der Waals surface area contributed by atoms with E-state index in [1.54, 1.807) is 31.4 Å². The first-order valence-electron chi connectivity index (χ1n) is 8.60. The summed E-state index contributed by atoms with van der Waals surface area (Å²) >= 11 is 0. The fraction of sp³-hybridized carbons (Fsp3) is 0.250. The van der Waals surface area contributed by atoms with Gasteiger partial charge in [-0.05, 0) is 37.1 Å². The minimum Gasteiger partial charge on any atom is -0.497 e. The Morgan fingerprint density at radius 2 is 1.92 bits per heavy atom. The van der Waals surface area contributed by atoms with Crippen LogP contribution in [-0.2, 0) is 0 Å². The van der Waals surface area contributed by atoms with Crippen LogP contribution in [0.1, 0.15) is 35.1 Å². The van der Waals surface area contributed by atoms with Gasteiger partial charge in [0.1, 0.15) is 11.8 Å². The van der Waals surface area contributed by atoms with Gasteiger partial charge in [0.05, 0.1) is 7.11 Å². The SMILES string of the molecule is COc1ccc(C(=O)N2CCC[C@H]2c2nc(-c3ccccc3)no2)cc1. The van der Waals surface area contributed by atoms with Crippen LogP contribution in [0.4, 0.5) is 0 Å². The second-order valence-electron chi connectivity index (χ2n) is 6.21. The number of carbonyl (C=O) groups excluding carboxylic acids is 1. The lowest BCUT2D eigenvalue weighted by atomic mass is 10.1. The molecule has 3 aromatic rings. The molecule has 132 valence electrons. The number of likely N-dealkylation sites (tertiary alicyclic amines) is 1. The number of aromatic nitrogens is 2. The van der Waals surface area contributed by atoms with E-state index in [1.807, 2.05) is 35.2 Å². The summed E-state index contributed by atoms with van der Waals surface area (Å²) in [4.78, 5) is 19.2. The van der Waals surface area contributed by atoms with E-state index in [9.17, 15) is 4.79 Å². The Kier molecular flexibility index (Phi) is 4.39. The van der Waals surface area contributed by atoms with Crippen LogP contribution < -0.4 is 4.74 Å². The van der Waals surface area contributed by atoms with Crippen LogP contribution >= 0.6 is 0 Å². The molecule has 0 aliphatic carbocycles. The highest BCUT2D eigenvalue weighted by Gasteiger charge is 2.34. The summed E-state index contributed by atoms with van der Waals surface area (Å²) in [6.07, 6.45) is 1.73. The normalized spacial score (nSPS) is 16.7. The zero-order chi connectivity index (χ0) is 17.9. The number of hydrogen-bond acceptors (Lipinski definition) is 5. The lowest BCUT2D eigenvalue weighted by Crippen LogP contribution is -2.30. The van der Waals surface area contributed by atoms with Crippen LogP contribution in [-0.4, -0.2) is 34.6 Å². The van der Waals surface area contributed by atoms with Crippen LogP contribution in [0.5, 0.6) is 5.75 Å². The van der Waals surface area contributed by atoms with Gasteiger partial charge in [0.25, 0.3) is 5.91 Å². The molecular weight excluding hydrogens is 330 g/mol. The molecule has 1 aromatic heterocycles. The first kappa shape index (κ1) is 16.3. The summed E-state index contributed by atoms with van der Waals surface area (Å²) in [7, 11) is 1.60. The number of amides is 1. The highest BCUT2D eigenvalue weighted by atomic mass is 16.5. The Labute approximate surface area is 151 Å². The highest BCUT2D eigenvalue weighted by molar-refractivity contribution is 5.94. The van der Waals surface area contributed by atoms with Crippen molar-refractivity contribution in [1.29, 1.82) is 0 Å². The van der Waals surface area contributed by atoms with Crippen molar-refractivity contribution in [3.05, 3.63) is 66.1 Å². The average Bonchev–Trinajstić information content (AvgIpc) is 3.37. The highest BCUT2D eigenvalue weighted by Crippen LogP contribution is 2.33. The van der Waals surface area contributed by atoms with Gasteiger partial charge < -0.3 is 14.2 Å². The molecule has 1 fully saturated rings. The maximum absolute atomic E-state index is 12.9. The van der Waals surface area contributed by atoms with E-state index >= 15 is 0 Å². The Hall–Kier alpha value is -3.15. The monoisotopic (exact) mass is 349 g/mol. The third-order valence-electron chi connectivity index (χ3n) is 4.61. The van der Waals surface area contributed by atoms with Crippen molar-refractivity contribution < 1.29 is 14.1 Å². The number of carbonyl (C=O) groups is 1. The fourth-order valence-corrected chi connectivity index (χ4v) is 3.24. The third-order valence-corrected chi connectivity index (χ3v) is 4.61. The lowest BCUT2D eigenvalue weighted by molar-refractivity contribution is 0.0710. The minimum atomic E-state index is -0.186. The van der Waals surface area contributed by atoms with Crippen molar-refractivity contribution in [2.75, 3.05) is 13.7 Å². The summed E-state index contributed by atoms with van der Waals surface area (Å²) in [6.45, 7) is 0.679. The Morgan fingerprint density at radius 1 is 1.15 bits per heavy atom. The van der Waals surface area contributed by atoms with E-state index in [0.29, 0.717) is 23.8 Å². The van der Waals surface area contributed by atoms with Gasteiger partial charge in [-0.25, -0.2) is 0 Å². The van der Waals surface area contributed by atoms with Gasteiger partial charge in [0.15, 0.2) is 0 Å². The topological polar surface area (TPSA) is 68.5 Å². The number of rotatable bonds is 4. The molecule has 1 atom stereocenters. The lowest BCUT2D eigenvalue weighted by Gasteiger charge is -2.22. The molecule has 26 heavy (non-hydrogen) atoms. The van der Waals surface area contributed by atoms with Gasteiger partial charge in [-0.2, -0.15) is 4.98 Å². The van der Waals surface area contributed by atoms with Crippen molar-refractivity contribution in [3.63, 3.8) is 0 Å². The number of ether oxygens (including phenoxy) is 1. The molecule has 6 heteroatoms. The average molecular weight is 349 g/mol. The number of hydrogen-bond donors (Lipinski definition) is 0. The minimum absolute atomic E-state index is 0.0328. The molecule has 1 saturated heterocycles. The zero-order valence-electron chi connectivity index (χ0n) is 14.5. The fourth-order valence-electron chi connectivity index (χ4n) is 3.24. The van der Waals surface area contributed by atoms with Crippen molar-refractivity contribution in [1.82, 2.24) is 15.0 Å². The van der Waals surface area contributed by atoms with E-state index in [4.69, 9.17) is 9.26 Å². The van der Waals surface area contributed by atoms with E-state index in [1.165, 1.54) is 0 Å². The molecule has 0 saturated carbocycles. The molecule has 6 nitrogen and oxygen atoms in total. The molecule has 2 aromatic carbocycles. The van der Waals surface area contributed by atoms with Crippen molar-refractivity contribution in [3.8, 4) is 17.1 Å². The second-order valence-corrected chi connectivity index (χ2v) is 6.21. The van der Waals surface area contributed by atoms with Crippen molar-refractivity contribution >= 4 is 5.91 Å². The van der Waals surface area contributed by atoms with Crippen LogP contribution in [0.15, 0.2) is 59.1 Å². The Bertz CT molecular complexity index is 890. The van der Waals surface area contributed by atoms with Crippen LogP contribution in [0, 0.1) is 0 Å². The summed E-state index contributed by atoms with van der Waals surface area (Å²) < 4.78 is 10.6. The van der Waals surface area contributed by atoms with Gasteiger partial charge in [-0.3, -0.25) is 4.79 Å². The summed E-state index contributed by atoms with van der Waals surface area (Å²) in [5, 5.41) is 4.08. The maximum Gasteiger partial charge on any atom is 0.254 e. The van der Waals surface area contributed by atoms with E-state index in [-0.39, 0.29) is 11.9 Å². The smallest absolute Gasteiger partial charge is 0.254 e. The number of methoxy groups -OCH3 is 1. The third kappa shape index (κ3) is 3.06. The van der Waals surface area contributed by atoms with Gasteiger partial charge in [0.2, 0.25) is 11.7 Å². The summed E-state index contributed by atoms with van der Waals surface area (Å²) in [5.74, 6) is 1.73. The summed E-state index contributed by atoms with van der Waals surface area (Å²) in [5.41, 5.74) is 1.52. The quantitative estimate of drug-likeness (QED) is 0.718. The maximum atomic E-state index is 12.9. The molecule has 0 spiro atoms. The predicted molar refractivity (Wildman–Crippen MR) is 95.7 cm³/mol. The van der Waals surface area contributed by atoms with Gasteiger partial charge in [0, 0.05) is 17.7 Å². The summed E-state index contributed by atoms with van der Waals surface area (Å²) in [6, 6.07) is 16.6. The molecule has 1 aliphatic heterocycles. The largest absolute Gasteiger partial charge is 0.497 e. The Morgan fingerprint density at radius 3 is 2.65 bits per heavy atom. The molecule has 0 bridgehead atoms. The number of benzene rings is 2. The molecule has 2 heterocycles. The van der Waals surface area contributed by atoms with E-state index in [2.05, 4.69) is 10.1 Å². The molecule has 1 amide bonds. The second kappa shape index (κ2) is 7.00. The molecule has 4 rings (SSSR count). The molecule has 1 aliphatic rings. The number of nitrogens with zero attached hydrogens (tertiary/aromatic N) is 3. The molecule has 0 radical (unpaired) electrons. The standard InChI is InChI=1S/C20H19N3O3/c1-25-16-11-9-15(10-12-16)20(24)23-13-5-8-17(23)19-21-18(22-26-19)14-6-3-2-4-7-14/h2-4,6-7,9-12,17H,5,8,13H2,1H3/t17-/m0/s1. The van der Waals surface area contributed by atoms with Crippen LogP contribution in [0.2, 0.25) is 0 Å². The van der Waals surface area contributed by atoms with Gasteiger partial charge >= 0.3 is 0 Å². The first-order valence-corrected chi connectivity index (χ1v) is 8.60. The van der Waals surface area contributed by atoms with Crippen LogP contribution in [0.25, 0.3) is 11.4 Å². The molecule has 0 unspecified atom stereocenters. The Balaban J connectivity index is 1.56. The van der Waals surface area contributed by atoms with E-state index < -0.39 is 0 Å². The first-order chi connectivity index (χ1) is 12.8. The van der Waals surface area contributed by atoms with Crippen molar-refractivity contribution in [2.24, 2.45) is 0 Å². The van der Waals surface area contributed by atoms with Crippen molar-refractivity contribution in [2.45, 2.75) is 18.9 Å². The van der Waals surface area contributed by atoms with E-state index in [0.717, 1.165) is 24.2 Å².